The molecule has 4 heteroatoms. The fourth-order valence-electron chi connectivity index (χ4n) is 2.60. The lowest BCUT2D eigenvalue weighted by atomic mass is 9.76. The van der Waals surface area contributed by atoms with Crippen molar-refractivity contribution in [1.29, 1.82) is 0 Å². The van der Waals surface area contributed by atoms with Gasteiger partial charge in [0.25, 0.3) is 0 Å². The Morgan fingerprint density at radius 2 is 1.75 bits per heavy atom. The minimum atomic E-state index is -0.517. The Balaban J connectivity index is 2.84. The van der Waals surface area contributed by atoms with Gasteiger partial charge in [-0.1, -0.05) is 58.0 Å². The van der Waals surface area contributed by atoms with Crippen LogP contribution >= 0.6 is 0 Å². The first-order chi connectivity index (χ1) is 11.3. The van der Waals surface area contributed by atoms with Crippen LogP contribution in [0.1, 0.15) is 46.6 Å². The number of esters is 2. The average molecular weight is 332 g/mol. The van der Waals surface area contributed by atoms with E-state index in [2.05, 4.69) is 0 Å². The van der Waals surface area contributed by atoms with Crippen molar-refractivity contribution < 1.29 is 19.1 Å². The summed E-state index contributed by atoms with van der Waals surface area (Å²) in [4.78, 5) is 24.5. The number of ether oxygens (including phenoxy) is 2. The minimum absolute atomic E-state index is 0.309. The number of hydrogen-bond acceptors (Lipinski definition) is 4. The molecule has 2 atom stereocenters. The van der Waals surface area contributed by atoms with Crippen LogP contribution in [0.5, 0.6) is 0 Å². The largest absolute Gasteiger partial charge is 0.466 e. The first kappa shape index (κ1) is 19.9. The predicted octanol–water partition coefficient (Wildman–Crippen LogP) is 4.25. The van der Waals surface area contributed by atoms with Crippen LogP contribution in [-0.4, -0.2) is 24.6 Å². The second kappa shape index (κ2) is 9.26. The van der Waals surface area contributed by atoms with Crippen molar-refractivity contribution in [2.45, 2.75) is 47.1 Å². The number of carbonyl (C=O) groups excluding carboxylic acids is 2. The van der Waals surface area contributed by atoms with Gasteiger partial charge in [-0.2, -0.15) is 0 Å². The summed E-state index contributed by atoms with van der Waals surface area (Å²) in [6, 6.07) is 9.51. The Hall–Kier alpha value is -2.10. The van der Waals surface area contributed by atoms with Gasteiger partial charge in [0.2, 0.25) is 0 Å². The first-order valence-electron chi connectivity index (χ1n) is 8.40. The van der Waals surface area contributed by atoms with Crippen LogP contribution in [0.3, 0.4) is 0 Å². The highest BCUT2D eigenvalue weighted by molar-refractivity contribution is 5.87. The van der Waals surface area contributed by atoms with E-state index in [-0.39, 0.29) is 11.4 Å². The Morgan fingerprint density at radius 3 is 2.25 bits per heavy atom. The molecule has 0 aromatic heterocycles. The van der Waals surface area contributed by atoms with E-state index >= 15 is 0 Å². The molecule has 1 aromatic carbocycles. The summed E-state index contributed by atoms with van der Waals surface area (Å²) in [5.41, 5.74) is 0.552. The lowest BCUT2D eigenvalue weighted by Gasteiger charge is -2.34. The minimum Gasteiger partial charge on any atom is -0.466 e. The molecule has 24 heavy (non-hydrogen) atoms. The molecule has 1 rings (SSSR count). The van der Waals surface area contributed by atoms with Gasteiger partial charge in [0.05, 0.1) is 12.5 Å². The molecule has 0 N–H and O–H groups in total. The SMILES string of the molecule is CCOC(=O)C(C(CC)OC(=O)/C=C/c1ccccc1)C(C)(C)C. The molecule has 2 unspecified atom stereocenters. The van der Waals surface area contributed by atoms with E-state index in [0.717, 1.165) is 5.56 Å². The molecule has 0 heterocycles. The van der Waals surface area contributed by atoms with Gasteiger partial charge in [-0.25, -0.2) is 4.79 Å². The summed E-state index contributed by atoms with van der Waals surface area (Å²) < 4.78 is 10.7. The zero-order valence-corrected chi connectivity index (χ0v) is 15.2. The fraction of sp³-hybridized carbons (Fsp3) is 0.500. The maximum Gasteiger partial charge on any atom is 0.331 e. The summed E-state index contributed by atoms with van der Waals surface area (Å²) in [5, 5.41) is 0. The predicted molar refractivity (Wildman–Crippen MR) is 95.2 cm³/mol. The highest BCUT2D eigenvalue weighted by Gasteiger charge is 2.40. The smallest absolute Gasteiger partial charge is 0.331 e. The Bertz CT molecular complexity index is 555. The molecule has 0 bridgehead atoms. The molecule has 4 nitrogen and oxygen atoms in total. The van der Waals surface area contributed by atoms with E-state index in [1.165, 1.54) is 6.08 Å². The molecule has 0 amide bonds. The number of rotatable bonds is 7. The zero-order valence-electron chi connectivity index (χ0n) is 15.2. The van der Waals surface area contributed by atoms with Crippen molar-refractivity contribution in [3.8, 4) is 0 Å². The van der Waals surface area contributed by atoms with Gasteiger partial charge < -0.3 is 9.47 Å². The Kier molecular flexibility index (Phi) is 7.69. The third kappa shape index (κ3) is 6.19. The second-order valence-corrected chi connectivity index (χ2v) is 6.72. The third-order valence-electron chi connectivity index (χ3n) is 3.73. The first-order valence-corrected chi connectivity index (χ1v) is 8.40. The van der Waals surface area contributed by atoms with Crippen molar-refractivity contribution >= 4 is 18.0 Å². The Labute approximate surface area is 144 Å². The van der Waals surface area contributed by atoms with E-state index < -0.39 is 18.0 Å². The summed E-state index contributed by atoms with van der Waals surface area (Å²) >= 11 is 0. The fourth-order valence-corrected chi connectivity index (χ4v) is 2.60. The van der Waals surface area contributed by atoms with E-state index in [4.69, 9.17) is 9.47 Å². The summed E-state index contributed by atoms with van der Waals surface area (Å²) in [6.45, 7) is 9.83. The van der Waals surface area contributed by atoms with Crippen LogP contribution < -0.4 is 0 Å². The number of benzene rings is 1. The van der Waals surface area contributed by atoms with Crippen LogP contribution in [-0.2, 0) is 19.1 Å². The molecule has 0 saturated carbocycles. The molecule has 0 aliphatic heterocycles. The molecule has 132 valence electrons. The van der Waals surface area contributed by atoms with Gasteiger partial charge in [-0.15, -0.1) is 0 Å². The summed E-state index contributed by atoms with van der Waals surface area (Å²) in [6.07, 6.45) is 3.12. The van der Waals surface area contributed by atoms with Gasteiger partial charge in [0.1, 0.15) is 6.10 Å². The molecule has 0 fully saturated rings. The summed E-state index contributed by atoms with van der Waals surface area (Å²) in [7, 11) is 0. The van der Waals surface area contributed by atoms with Gasteiger partial charge in [0.15, 0.2) is 0 Å². The molecule has 0 aliphatic carbocycles. The molecular formula is C20H28O4. The zero-order chi connectivity index (χ0) is 18.2. The highest BCUT2D eigenvalue weighted by Crippen LogP contribution is 2.33. The van der Waals surface area contributed by atoms with E-state index in [9.17, 15) is 9.59 Å². The van der Waals surface area contributed by atoms with Gasteiger partial charge in [-0.3, -0.25) is 4.79 Å². The van der Waals surface area contributed by atoms with Crippen molar-refractivity contribution in [2.24, 2.45) is 11.3 Å². The standard InChI is InChI=1S/C20H28O4/c1-6-16(18(20(3,4)5)19(22)23-7-2)24-17(21)14-13-15-11-9-8-10-12-15/h8-14,16,18H,6-7H2,1-5H3/b14-13+. The number of carbonyl (C=O) groups is 2. The lowest BCUT2D eigenvalue weighted by Crippen LogP contribution is -2.41. The molecule has 0 radical (unpaired) electrons. The van der Waals surface area contributed by atoms with E-state index in [1.807, 2.05) is 58.0 Å². The van der Waals surface area contributed by atoms with Crippen molar-refractivity contribution in [3.63, 3.8) is 0 Å². The normalized spacial score (nSPS) is 14.2. The molecule has 1 aromatic rings. The van der Waals surface area contributed by atoms with Gasteiger partial charge in [0, 0.05) is 6.08 Å². The second-order valence-electron chi connectivity index (χ2n) is 6.72. The summed E-state index contributed by atoms with van der Waals surface area (Å²) in [5.74, 6) is -1.28. The lowest BCUT2D eigenvalue weighted by molar-refractivity contribution is -0.165. The quantitative estimate of drug-likeness (QED) is 0.553. The molecule has 0 saturated heterocycles. The molecule has 0 aliphatic rings. The van der Waals surface area contributed by atoms with Crippen LogP contribution in [0.2, 0.25) is 0 Å². The maximum atomic E-state index is 12.3. The Morgan fingerprint density at radius 1 is 1.12 bits per heavy atom. The third-order valence-corrected chi connectivity index (χ3v) is 3.73. The maximum absolute atomic E-state index is 12.3. The van der Waals surface area contributed by atoms with E-state index in [1.54, 1.807) is 13.0 Å². The van der Waals surface area contributed by atoms with Gasteiger partial charge >= 0.3 is 11.9 Å². The molecular weight excluding hydrogens is 304 g/mol. The van der Waals surface area contributed by atoms with Crippen LogP contribution in [0, 0.1) is 11.3 Å². The van der Waals surface area contributed by atoms with Crippen LogP contribution in [0.25, 0.3) is 6.08 Å². The van der Waals surface area contributed by atoms with Crippen molar-refractivity contribution in [3.05, 3.63) is 42.0 Å². The highest BCUT2D eigenvalue weighted by atomic mass is 16.6. The van der Waals surface area contributed by atoms with E-state index in [0.29, 0.717) is 13.0 Å². The van der Waals surface area contributed by atoms with Crippen molar-refractivity contribution in [2.75, 3.05) is 6.61 Å². The average Bonchev–Trinajstić information content (AvgIpc) is 2.52. The number of hydrogen-bond donors (Lipinski definition) is 0. The van der Waals surface area contributed by atoms with Crippen LogP contribution in [0.4, 0.5) is 0 Å². The van der Waals surface area contributed by atoms with Crippen molar-refractivity contribution in [1.82, 2.24) is 0 Å². The molecule has 0 spiro atoms. The van der Waals surface area contributed by atoms with Crippen LogP contribution in [0.15, 0.2) is 36.4 Å². The topological polar surface area (TPSA) is 52.6 Å². The van der Waals surface area contributed by atoms with Gasteiger partial charge in [-0.05, 0) is 30.4 Å². The monoisotopic (exact) mass is 332 g/mol.